The third-order valence-corrected chi connectivity index (χ3v) is 6.48. The molecule has 39 heavy (non-hydrogen) atoms. The van der Waals surface area contributed by atoms with Crippen molar-refractivity contribution in [3.8, 4) is 11.5 Å². The van der Waals surface area contributed by atoms with Crippen LogP contribution in [-0.2, 0) is 30.3 Å². The number of hydrogen-bond donors (Lipinski definition) is 1. The van der Waals surface area contributed by atoms with E-state index in [1.165, 1.54) is 12.1 Å². The molecule has 5 atom stereocenters. The molecule has 0 aliphatic rings. The van der Waals surface area contributed by atoms with Crippen molar-refractivity contribution in [1.82, 2.24) is 0 Å². The minimum absolute atomic E-state index is 0.0667. The molecule has 0 bridgehead atoms. The smallest absolute Gasteiger partial charge is 0.338 e. The Kier molecular flexibility index (Phi) is 12.1. The monoisotopic (exact) mass is 541 g/mol. The van der Waals surface area contributed by atoms with E-state index in [2.05, 4.69) is 0 Å². The standard InChI is InChI=1S/C30H39NO8/c1-7-18(3)27(32)38-25-15-14-22(17-26(25)39-28(33)19(4)8-2)16-24(31)30(35)37-21(6)20(5)36-29(34)23-12-10-9-11-13-23/h9-15,17-21,24H,7-8,16,31H2,1-6H3/t18?,19?,20-,21-,24-/m0/s1. The average Bonchev–Trinajstić information content (AvgIpc) is 2.93. The molecule has 0 amide bonds. The van der Waals surface area contributed by atoms with Gasteiger partial charge in [-0.1, -0.05) is 52.0 Å². The fourth-order valence-electron chi connectivity index (χ4n) is 3.21. The van der Waals surface area contributed by atoms with E-state index in [4.69, 9.17) is 24.7 Å². The van der Waals surface area contributed by atoms with Crippen molar-refractivity contribution in [3.63, 3.8) is 0 Å². The summed E-state index contributed by atoms with van der Waals surface area (Å²) in [4.78, 5) is 49.8. The minimum Gasteiger partial charge on any atom is -0.458 e. The summed E-state index contributed by atoms with van der Waals surface area (Å²) in [6, 6.07) is 12.1. The summed E-state index contributed by atoms with van der Waals surface area (Å²) < 4.78 is 21.9. The number of benzene rings is 2. The first kappa shape index (κ1) is 31.5. The fourth-order valence-corrected chi connectivity index (χ4v) is 3.21. The molecule has 9 heteroatoms. The van der Waals surface area contributed by atoms with E-state index in [1.54, 1.807) is 64.1 Å². The first-order valence-corrected chi connectivity index (χ1v) is 13.2. The van der Waals surface area contributed by atoms with Crippen molar-refractivity contribution < 1.29 is 38.1 Å². The Morgan fingerprint density at radius 1 is 0.718 bits per heavy atom. The maximum atomic E-state index is 12.7. The summed E-state index contributed by atoms with van der Waals surface area (Å²) in [5, 5.41) is 0. The molecule has 0 radical (unpaired) electrons. The molecule has 2 aromatic rings. The zero-order valence-electron chi connectivity index (χ0n) is 23.5. The lowest BCUT2D eigenvalue weighted by molar-refractivity contribution is -0.155. The molecule has 0 aliphatic carbocycles. The number of carbonyl (C=O) groups is 4. The quantitative estimate of drug-likeness (QED) is 0.285. The molecular weight excluding hydrogens is 502 g/mol. The Bertz CT molecular complexity index is 1130. The Labute approximate surface area is 229 Å². The van der Waals surface area contributed by atoms with Gasteiger partial charge in [-0.3, -0.25) is 14.4 Å². The third-order valence-electron chi connectivity index (χ3n) is 6.48. The highest BCUT2D eigenvalue weighted by molar-refractivity contribution is 5.89. The number of esters is 4. The third kappa shape index (κ3) is 9.51. The molecule has 2 unspecified atom stereocenters. The van der Waals surface area contributed by atoms with Crippen LogP contribution in [0.5, 0.6) is 11.5 Å². The van der Waals surface area contributed by atoms with Gasteiger partial charge in [-0.15, -0.1) is 0 Å². The molecule has 0 saturated heterocycles. The number of carbonyl (C=O) groups excluding carboxylic acids is 4. The second-order valence-electron chi connectivity index (χ2n) is 9.67. The van der Waals surface area contributed by atoms with Crippen LogP contribution in [0.25, 0.3) is 0 Å². The second kappa shape index (κ2) is 15.0. The number of hydrogen-bond acceptors (Lipinski definition) is 9. The van der Waals surface area contributed by atoms with Crippen LogP contribution in [0.3, 0.4) is 0 Å². The van der Waals surface area contributed by atoms with Crippen molar-refractivity contribution in [1.29, 1.82) is 0 Å². The van der Waals surface area contributed by atoms with Gasteiger partial charge in [0.25, 0.3) is 0 Å². The zero-order valence-corrected chi connectivity index (χ0v) is 23.5. The van der Waals surface area contributed by atoms with Crippen molar-refractivity contribution in [2.45, 2.75) is 79.1 Å². The van der Waals surface area contributed by atoms with Crippen LogP contribution < -0.4 is 15.2 Å². The lowest BCUT2D eigenvalue weighted by Crippen LogP contribution is -2.39. The molecule has 0 heterocycles. The highest BCUT2D eigenvalue weighted by Crippen LogP contribution is 2.31. The van der Waals surface area contributed by atoms with Gasteiger partial charge >= 0.3 is 23.9 Å². The minimum atomic E-state index is -1.05. The van der Waals surface area contributed by atoms with Crippen LogP contribution in [0.4, 0.5) is 0 Å². The highest BCUT2D eigenvalue weighted by Gasteiger charge is 2.26. The van der Waals surface area contributed by atoms with Crippen LogP contribution in [0.1, 0.15) is 70.3 Å². The summed E-state index contributed by atoms with van der Waals surface area (Å²) in [5.74, 6) is -2.62. The number of nitrogens with two attached hydrogens (primary N) is 1. The van der Waals surface area contributed by atoms with E-state index >= 15 is 0 Å². The molecule has 2 aromatic carbocycles. The van der Waals surface area contributed by atoms with E-state index in [9.17, 15) is 19.2 Å². The largest absolute Gasteiger partial charge is 0.458 e. The van der Waals surface area contributed by atoms with Gasteiger partial charge in [0.2, 0.25) is 0 Å². The Hall–Kier alpha value is -3.72. The first-order valence-electron chi connectivity index (χ1n) is 13.2. The van der Waals surface area contributed by atoms with E-state index < -0.39 is 42.1 Å². The summed E-state index contributed by atoms with van der Waals surface area (Å²) in [6.45, 7) is 10.5. The van der Waals surface area contributed by atoms with E-state index in [1.807, 2.05) is 13.8 Å². The summed E-state index contributed by atoms with van der Waals surface area (Å²) in [6.07, 6.45) is -0.213. The highest BCUT2D eigenvalue weighted by atomic mass is 16.6. The van der Waals surface area contributed by atoms with Crippen LogP contribution in [0.15, 0.2) is 48.5 Å². The Balaban J connectivity index is 2.08. The molecule has 0 aromatic heterocycles. The fraction of sp³-hybridized carbons (Fsp3) is 0.467. The maximum absolute atomic E-state index is 12.7. The lowest BCUT2D eigenvalue weighted by Gasteiger charge is -2.22. The van der Waals surface area contributed by atoms with Gasteiger partial charge in [0.1, 0.15) is 18.2 Å². The van der Waals surface area contributed by atoms with E-state index in [-0.39, 0.29) is 29.8 Å². The molecule has 0 saturated carbocycles. The summed E-state index contributed by atoms with van der Waals surface area (Å²) >= 11 is 0. The van der Waals surface area contributed by atoms with E-state index in [0.29, 0.717) is 24.0 Å². The predicted molar refractivity (Wildman–Crippen MR) is 145 cm³/mol. The van der Waals surface area contributed by atoms with Crippen molar-refractivity contribution in [2.24, 2.45) is 17.6 Å². The van der Waals surface area contributed by atoms with Crippen LogP contribution in [-0.4, -0.2) is 42.1 Å². The molecule has 212 valence electrons. The van der Waals surface area contributed by atoms with Gasteiger partial charge < -0.3 is 24.7 Å². The average molecular weight is 542 g/mol. The second-order valence-corrected chi connectivity index (χ2v) is 9.67. The molecule has 0 fully saturated rings. The zero-order chi connectivity index (χ0) is 29.1. The normalized spacial score (nSPS) is 14.7. The molecule has 2 N–H and O–H groups in total. The Morgan fingerprint density at radius 2 is 1.26 bits per heavy atom. The van der Waals surface area contributed by atoms with Crippen LogP contribution in [0.2, 0.25) is 0 Å². The predicted octanol–water partition coefficient (Wildman–Crippen LogP) is 4.64. The molecule has 2 rings (SSSR count). The summed E-state index contributed by atoms with van der Waals surface area (Å²) in [7, 11) is 0. The van der Waals surface area contributed by atoms with Gasteiger partial charge in [-0.25, -0.2) is 4.79 Å². The number of ether oxygens (including phenoxy) is 4. The molecular formula is C30H39NO8. The SMILES string of the molecule is CCC(C)C(=O)Oc1ccc(C[C@H](N)C(=O)O[C@@H](C)[C@H](C)OC(=O)c2ccccc2)cc1OC(=O)C(C)CC. The van der Waals surface area contributed by atoms with Gasteiger partial charge in [-0.05, 0) is 62.9 Å². The van der Waals surface area contributed by atoms with Gasteiger partial charge in [0.15, 0.2) is 11.5 Å². The molecule has 0 aliphatic heterocycles. The van der Waals surface area contributed by atoms with Crippen LogP contribution >= 0.6 is 0 Å². The first-order chi connectivity index (χ1) is 18.5. The lowest BCUT2D eigenvalue weighted by atomic mass is 10.1. The Morgan fingerprint density at radius 3 is 1.82 bits per heavy atom. The van der Waals surface area contributed by atoms with Gasteiger partial charge in [0.05, 0.1) is 17.4 Å². The van der Waals surface area contributed by atoms with Crippen molar-refractivity contribution in [3.05, 3.63) is 59.7 Å². The van der Waals surface area contributed by atoms with Gasteiger partial charge in [0, 0.05) is 0 Å². The maximum Gasteiger partial charge on any atom is 0.338 e. The number of rotatable bonds is 13. The van der Waals surface area contributed by atoms with Crippen molar-refractivity contribution >= 4 is 23.9 Å². The molecule has 9 nitrogen and oxygen atoms in total. The van der Waals surface area contributed by atoms with Crippen molar-refractivity contribution in [2.75, 3.05) is 0 Å². The summed E-state index contributed by atoms with van der Waals surface area (Å²) in [5.41, 5.74) is 7.08. The van der Waals surface area contributed by atoms with Gasteiger partial charge in [-0.2, -0.15) is 0 Å². The topological polar surface area (TPSA) is 131 Å². The van der Waals surface area contributed by atoms with E-state index in [0.717, 1.165) is 0 Å². The molecule has 0 spiro atoms. The van der Waals surface area contributed by atoms with Crippen LogP contribution in [0, 0.1) is 11.8 Å².